The van der Waals surface area contributed by atoms with Crippen molar-refractivity contribution >= 4 is 29.1 Å². The zero-order valence-corrected chi connectivity index (χ0v) is 19.7. The molecule has 1 saturated carbocycles. The van der Waals surface area contributed by atoms with Gasteiger partial charge < -0.3 is 15.5 Å². The third-order valence-electron chi connectivity index (χ3n) is 5.87. The Labute approximate surface area is 194 Å². The summed E-state index contributed by atoms with van der Waals surface area (Å²) in [6.45, 7) is 4.37. The molecular formula is C25H33N3O3S. The second kappa shape index (κ2) is 11.8. The minimum absolute atomic E-state index is 0.139. The highest BCUT2D eigenvalue weighted by atomic mass is 32.1. The Morgan fingerprint density at radius 2 is 1.84 bits per heavy atom. The maximum absolute atomic E-state index is 13.4. The number of benzene rings is 1. The van der Waals surface area contributed by atoms with Crippen molar-refractivity contribution in [3.05, 3.63) is 57.8 Å². The second-order valence-corrected chi connectivity index (χ2v) is 9.35. The van der Waals surface area contributed by atoms with E-state index in [2.05, 4.69) is 17.6 Å². The molecule has 32 heavy (non-hydrogen) atoms. The molecule has 1 fully saturated rings. The highest BCUT2D eigenvalue weighted by Crippen LogP contribution is 2.25. The number of aryl methyl sites for hydroxylation is 1. The van der Waals surface area contributed by atoms with Crippen LogP contribution in [0.3, 0.4) is 0 Å². The quantitative estimate of drug-likeness (QED) is 0.563. The summed E-state index contributed by atoms with van der Waals surface area (Å²) in [5.41, 5.74) is 1.89. The van der Waals surface area contributed by atoms with Crippen molar-refractivity contribution in [3.8, 4) is 0 Å². The van der Waals surface area contributed by atoms with E-state index >= 15 is 0 Å². The van der Waals surface area contributed by atoms with Crippen LogP contribution in [0.2, 0.25) is 0 Å². The van der Waals surface area contributed by atoms with E-state index in [1.807, 2.05) is 36.6 Å². The number of rotatable bonds is 10. The fourth-order valence-corrected chi connectivity index (χ4v) is 4.69. The van der Waals surface area contributed by atoms with Crippen LogP contribution < -0.4 is 10.6 Å². The Morgan fingerprint density at radius 1 is 1.12 bits per heavy atom. The van der Waals surface area contributed by atoms with Crippen molar-refractivity contribution in [1.29, 1.82) is 0 Å². The van der Waals surface area contributed by atoms with Crippen LogP contribution in [0.25, 0.3) is 0 Å². The monoisotopic (exact) mass is 455 g/mol. The molecule has 0 aliphatic heterocycles. The number of carbonyl (C=O) groups excluding carboxylic acids is 3. The average Bonchev–Trinajstić information content (AvgIpc) is 3.50. The van der Waals surface area contributed by atoms with Gasteiger partial charge in [-0.2, -0.15) is 0 Å². The van der Waals surface area contributed by atoms with Gasteiger partial charge in [-0.3, -0.25) is 14.4 Å². The molecule has 1 aliphatic rings. The smallest absolute Gasteiger partial charge is 0.261 e. The normalized spacial score (nSPS) is 14.7. The first kappa shape index (κ1) is 24.0. The lowest BCUT2D eigenvalue weighted by Gasteiger charge is -2.32. The molecule has 0 radical (unpaired) electrons. The van der Waals surface area contributed by atoms with E-state index in [0.29, 0.717) is 11.4 Å². The summed E-state index contributed by atoms with van der Waals surface area (Å²) in [5.74, 6) is -0.670. The summed E-state index contributed by atoms with van der Waals surface area (Å²) in [7, 11) is 0. The summed E-state index contributed by atoms with van der Waals surface area (Å²) in [6, 6.07) is 10.7. The van der Waals surface area contributed by atoms with Crippen LogP contribution in [0.1, 0.15) is 72.3 Å². The van der Waals surface area contributed by atoms with Gasteiger partial charge in [0.1, 0.15) is 6.04 Å². The predicted octanol–water partition coefficient (Wildman–Crippen LogP) is 4.22. The first-order chi connectivity index (χ1) is 15.5. The van der Waals surface area contributed by atoms with Crippen molar-refractivity contribution in [3.63, 3.8) is 0 Å². The molecule has 2 N–H and O–H groups in total. The third-order valence-corrected chi connectivity index (χ3v) is 6.74. The molecular weight excluding hydrogens is 422 g/mol. The van der Waals surface area contributed by atoms with E-state index in [-0.39, 0.29) is 30.3 Å². The molecule has 1 aromatic carbocycles. The van der Waals surface area contributed by atoms with Crippen LogP contribution in [0.4, 0.5) is 0 Å². The molecule has 0 bridgehead atoms. The maximum atomic E-state index is 13.4. The zero-order chi connectivity index (χ0) is 22.9. The van der Waals surface area contributed by atoms with Gasteiger partial charge in [0, 0.05) is 12.6 Å². The predicted molar refractivity (Wildman–Crippen MR) is 128 cm³/mol. The van der Waals surface area contributed by atoms with Crippen LogP contribution >= 0.6 is 11.3 Å². The fourth-order valence-electron chi connectivity index (χ4n) is 4.05. The Balaban J connectivity index is 1.81. The van der Waals surface area contributed by atoms with Crippen molar-refractivity contribution in [2.75, 3.05) is 13.1 Å². The molecule has 1 atom stereocenters. The highest BCUT2D eigenvalue weighted by molar-refractivity contribution is 7.12. The fraction of sp³-hybridized carbons (Fsp3) is 0.480. The number of hydrogen-bond donors (Lipinski definition) is 2. The largest absolute Gasteiger partial charge is 0.351 e. The number of carbonyl (C=O) groups is 3. The van der Waals surface area contributed by atoms with Crippen molar-refractivity contribution in [1.82, 2.24) is 15.5 Å². The van der Waals surface area contributed by atoms with Gasteiger partial charge in [0.15, 0.2) is 0 Å². The molecule has 1 aliphatic carbocycles. The zero-order valence-electron chi connectivity index (χ0n) is 18.9. The summed E-state index contributed by atoms with van der Waals surface area (Å²) in [5, 5.41) is 7.71. The molecule has 3 rings (SSSR count). The molecule has 0 saturated heterocycles. The molecule has 1 heterocycles. The lowest BCUT2D eigenvalue weighted by molar-refractivity contribution is -0.140. The van der Waals surface area contributed by atoms with Gasteiger partial charge in [-0.1, -0.05) is 62.1 Å². The van der Waals surface area contributed by atoms with Gasteiger partial charge in [0.25, 0.3) is 5.91 Å². The van der Waals surface area contributed by atoms with Gasteiger partial charge in [0.05, 0.1) is 11.4 Å². The SMILES string of the molecule is CCCCN(C(=O)CNC(=O)c1cccs1)[C@@H](C(=O)NC1CCCC1)c1ccc(C)cc1. The van der Waals surface area contributed by atoms with E-state index < -0.39 is 6.04 Å². The summed E-state index contributed by atoms with van der Waals surface area (Å²) < 4.78 is 0. The molecule has 0 spiro atoms. The van der Waals surface area contributed by atoms with Crippen LogP contribution in [-0.2, 0) is 9.59 Å². The van der Waals surface area contributed by atoms with Crippen molar-refractivity contribution < 1.29 is 14.4 Å². The number of hydrogen-bond acceptors (Lipinski definition) is 4. The van der Waals surface area contributed by atoms with Crippen LogP contribution in [0.5, 0.6) is 0 Å². The molecule has 1 aromatic heterocycles. The third kappa shape index (κ3) is 6.42. The number of amides is 3. The number of unbranched alkanes of at least 4 members (excludes halogenated alkanes) is 1. The summed E-state index contributed by atoms with van der Waals surface area (Å²) >= 11 is 1.33. The first-order valence-corrected chi connectivity index (χ1v) is 12.4. The summed E-state index contributed by atoms with van der Waals surface area (Å²) in [4.78, 5) is 41.2. The van der Waals surface area contributed by atoms with E-state index in [1.54, 1.807) is 17.0 Å². The lowest BCUT2D eigenvalue weighted by atomic mass is 10.0. The maximum Gasteiger partial charge on any atom is 0.261 e. The van der Waals surface area contributed by atoms with Gasteiger partial charge in [0.2, 0.25) is 11.8 Å². The molecule has 3 amide bonds. The Kier molecular flexibility index (Phi) is 8.85. The van der Waals surface area contributed by atoms with Crippen LogP contribution in [-0.4, -0.2) is 41.8 Å². The van der Waals surface area contributed by atoms with E-state index in [4.69, 9.17) is 0 Å². The number of nitrogens with one attached hydrogen (secondary N) is 2. The summed E-state index contributed by atoms with van der Waals surface area (Å²) in [6.07, 6.45) is 5.87. The minimum Gasteiger partial charge on any atom is -0.351 e. The number of thiophene rings is 1. The molecule has 6 nitrogen and oxygen atoms in total. The van der Waals surface area contributed by atoms with Gasteiger partial charge >= 0.3 is 0 Å². The van der Waals surface area contributed by atoms with Gasteiger partial charge in [-0.25, -0.2) is 0 Å². The van der Waals surface area contributed by atoms with Crippen LogP contribution in [0.15, 0.2) is 41.8 Å². The lowest BCUT2D eigenvalue weighted by Crippen LogP contribution is -2.49. The molecule has 0 unspecified atom stereocenters. The Morgan fingerprint density at radius 3 is 2.47 bits per heavy atom. The highest BCUT2D eigenvalue weighted by Gasteiger charge is 2.32. The van der Waals surface area contributed by atoms with Gasteiger partial charge in [-0.05, 0) is 43.2 Å². The second-order valence-electron chi connectivity index (χ2n) is 8.40. The van der Waals surface area contributed by atoms with Crippen molar-refractivity contribution in [2.45, 2.75) is 64.5 Å². The van der Waals surface area contributed by atoms with Gasteiger partial charge in [-0.15, -0.1) is 11.3 Å². The minimum atomic E-state index is -0.714. The van der Waals surface area contributed by atoms with Crippen LogP contribution in [0, 0.1) is 6.92 Å². The average molecular weight is 456 g/mol. The molecule has 172 valence electrons. The topological polar surface area (TPSA) is 78.5 Å². The Hall–Kier alpha value is -2.67. The molecule has 7 heteroatoms. The Bertz CT molecular complexity index is 890. The first-order valence-electron chi connectivity index (χ1n) is 11.5. The standard InChI is InChI=1S/C25H33N3O3S/c1-3-4-15-28(22(29)17-26-24(30)21-10-7-16-32-21)23(19-13-11-18(2)12-14-19)25(31)27-20-8-5-6-9-20/h7,10-14,16,20,23H,3-6,8-9,15,17H2,1-2H3,(H,26,30)(H,27,31)/t23-/m1/s1. The van der Waals surface area contributed by atoms with E-state index in [0.717, 1.165) is 49.7 Å². The molecule has 2 aromatic rings. The van der Waals surface area contributed by atoms with E-state index in [9.17, 15) is 14.4 Å². The van der Waals surface area contributed by atoms with Crippen molar-refractivity contribution in [2.24, 2.45) is 0 Å². The van der Waals surface area contributed by atoms with E-state index in [1.165, 1.54) is 11.3 Å². The number of nitrogens with zero attached hydrogens (tertiary/aromatic N) is 1.